The molecule has 0 spiro atoms. The van der Waals surface area contributed by atoms with Crippen molar-refractivity contribution < 1.29 is 24.1 Å². The lowest BCUT2D eigenvalue weighted by Crippen LogP contribution is -2.39. The van der Waals surface area contributed by atoms with Gasteiger partial charge in [0.2, 0.25) is 0 Å². The van der Waals surface area contributed by atoms with E-state index in [0.29, 0.717) is 13.0 Å². The van der Waals surface area contributed by atoms with E-state index >= 15 is 0 Å². The number of ether oxygens (including phenoxy) is 4. The number of hydrogen-bond donors (Lipinski definition) is 1. The minimum absolute atomic E-state index is 0.156. The van der Waals surface area contributed by atoms with Crippen LogP contribution in [-0.4, -0.2) is 45.8 Å². The molecular weight excluding hydrogens is 176 g/mol. The molecule has 0 aliphatic rings. The molecule has 0 atom stereocenters. The number of hydrogen-bond acceptors (Lipinski definition) is 5. The Balaban J connectivity index is 3.68. The van der Waals surface area contributed by atoms with Crippen molar-refractivity contribution in [3.05, 3.63) is 0 Å². The highest BCUT2D eigenvalue weighted by molar-refractivity contribution is 4.40. The molecule has 0 saturated heterocycles. The maximum atomic E-state index is 8.52. The van der Waals surface area contributed by atoms with Crippen LogP contribution >= 0.6 is 0 Å². The summed E-state index contributed by atoms with van der Waals surface area (Å²) < 4.78 is 19.9. The number of methoxy groups -OCH3 is 3. The maximum Gasteiger partial charge on any atom is 0.411 e. The van der Waals surface area contributed by atoms with Crippen LogP contribution in [0.4, 0.5) is 0 Å². The Morgan fingerprint density at radius 1 is 1.00 bits per heavy atom. The largest absolute Gasteiger partial charge is 0.411 e. The lowest BCUT2D eigenvalue weighted by molar-refractivity contribution is -0.479. The number of aliphatic hydroxyl groups excluding tert-OH is 1. The molecule has 0 aliphatic carbocycles. The third kappa shape index (κ3) is 4.54. The van der Waals surface area contributed by atoms with E-state index in [2.05, 4.69) is 0 Å². The minimum atomic E-state index is -1.41. The summed E-state index contributed by atoms with van der Waals surface area (Å²) in [6, 6.07) is 0. The highest BCUT2D eigenvalue weighted by Crippen LogP contribution is 2.14. The Morgan fingerprint density at radius 2 is 1.54 bits per heavy atom. The van der Waals surface area contributed by atoms with E-state index in [9.17, 15) is 0 Å². The van der Waals surface area contributed by atoms with Gasteiger partial charge in [-0.15, -0.1) is 0 Å². The van der Waals surface area contributed by atoms with Gasteiger partial charge in [0.1, 0.15) is 0 Å². The van der Waals surface area contributed by atoms with Gasteiger partial charge >= 0.3 is 6.16 Å². The first-order chi connectivity index (χ1) is 6.24. The first-order valence-corrected chi connectivity index (χ1v) is 4.15. The zero-order valence-electron chi connectivity index (χ0n) is 8.41. The van der Waals surface area contributed by atoms with Gasteiger partial charge in [-0.3, -0.25) is 0 Å². The molecule has 0 radical (unpaired) electrons. The van der Waals surface area contributed by atoms with E-state index in [0.717, 1.165) is 6.42 Å². The average Bonchev–Trinajstić information content (AvgIpc) is 2.20. The van der Waals surface area contributed by atoms with Gasteiger partial charge in [0.25, 0.3) is 0 Å². The average molecular weight is 194 g/mol. The first-order valence-electron chi connectivity index (χ1n) is 4.15. The molecule has 0 bridgehead atoms. The predicted molar refractivity (Wildman–Crippen MR) is 46.0 cm³/mol. The molecule has 0 amide bonds. The van der Waals surface area contributed by atoms with Crippen LogP contribution in [0, 0.1) is 0 Å². The van der Waals surface area contributed by atoms with E-state index in [1.165, 1.54) is 21.3 Å². The maximum absolute atomic E-state index is 8.52. The zero-order chi connectivity index (χ0) is 10.2. The van der Waals surface area contributed by atoms with E-state index in [4.69, 9.17) is 24.1 Å². The molecule has 80 valence electrons. The second kappa shape index (κ2) is 7.23. The van der Waals surface area contributed by atoms with Crippen molar-refractivity contribution in [3.63, 3.8) is 0 Å². The number of rotatable bonds is 8. The molecule has 5 heteroatoms. The lowest BCUT2D eigenvalue weighted by Gasteiger charge is -2.27. The Hall–Kier alpha value is -0.200. The summed E-state index contributed by atoms with van der Waals surface area (Å²) in [5.41, 5.74) is 0. The molecule has 0 aliphatic heterocycles. The minimum Gasteiger partial charge on any atom is -0.396 e. The number of unbranched alkanes of at least 4 members (excludes halogenated alkanes) is 1. The molecule has 0 heterocycles. The van der Waals surface area contributed by atoms with Crippen LogP contribution in [0.3, 0.4) is 0 Å². The smallest absolute Gasteiger partial charge is 0.396 e. The standard InChI is InChI=1S/C8H18O5/c1-10-8(11-2,12-3)13-7-5-4-6-9/h9H,4-7H2,1-3H3. The van der Waals surface area contributed by atoms with Gasteiger partial charge in [0.15, 0.2) is 0 Å². The van der Waals surface area contributed by atoms with Crippen molar-refractivity contribution in [2.75, 3.05) is 34.5 Å². The molecule has 0 unspecified atom stereocenters. The number of aliphatic hydroxyl groups is 1. The first kappa shape index (κ1) is 12.8. The third-order valence-electron chi connectivity index (χ3n) is 1.58. The SMILES string of the molecule is COC(OC)(OC)OCCCCO. The Labute approximate surface area is 78.5 Å². The molecular formula is C8H18O5. The van der Waals surface area contributed by atoms with Gasteiger partial charge in [-0.2, -0.15) is 0 Å². The molecule has 5 nitrogen and oxygen atoms in total. The fourth-order valence-electron chi connectivity index (χ4n) is 0.838. The van der Waals surface area contributed by atoms with Gasteiger partial charge in [-0.25, -0.2) is 0 Å². The summed E-state index contributed by atoms with van der Waals surface area (Å²) in [6.45, 7) is 0.569. The summed E-state index contributed by atoms with van der Waals surface area (Å²) in [7, 11) is 4.29. The van der Waals surface area contributed by atoms with E-state index in [1.807, 2.05) is 0 Å². The van der Waals surface area contributed by atoms with Crippen molar-refractivity contribution in [1.29, 1.82) is 0 Å². The van der Waals surface area contributed by atoms with Crippen LogP contribution in [0.1, 0.15) is 12.8 Å². The van der Waals surface area contributed by atoms with E-state index in [-0.39, 0.29) is 6.61 Å². The van der Waals surface area contributed by atoms with Gasteiger partial charge < -0.3 is 24.1 Å². The van der Waals surface area contributed by atoms with Crippen LogP contribution in [0.5, 0.6) is 0 Å². The topological polar surface area (TPSA) is 57.2 Å². The van der Waals surface area contributed by atoms with Crippen molar-refractivity contribution >= 4 is 0 Å². The molecule has 0 saturated carbocycles. The van der Waals surface area contributed by atoms with Gasteiger partial charge in [0.05, 0.1) is 6.61 Å². The zero-order valence-corrected chi connectivity index (χ0v) is 8.41. The van der Waals surface area contributed by atoms with Crippen LogP contribution in [0.15, 0.2) is 0 Å². The molecule has 1 N–H and O–H groups in total. The van der Waals surface area contributed by atoms with E-state index in [1.54, 1.807) is 0 Å². The Kier molecular flexibility index (Phi) is 7.12. The normalized spacial score (nSPS) is 12.0. The molecule has 13 heavy (non-hydrogen) atoms. The highest BCUT2D eigenvalue weighted by atomic mass is 17.0. The molecule has 0 rings (SSSR count). The quantitative estimate of drug-likeness (QED) is 0.445. The van der Waals surface area contributed by atoms with Crippen LogP contribution in [-0.2, 0) is 18.9 Å². The fraction of sp³-hybridized carbons (Fsp3) is 1.00. The molecule has 0 aromatic carbocycles. The monoisotopic (exact) mass is 194 g/mol. The van der Waals surface area contributed by atoms with Gasteiger partial charge in [0, 0.05) is 27.9 Å². The second-order valence-electron chi connectivity index (χ2n) is 2.39. The van der Waals surface area contributed by atoms with Crippen molar-refractivity contribution in [1.82, 2.24) is 0 Å². The van der Waals surface area contributed by atoms with Crippen LogP contribution in [0.2, 0.25) is 0 Å². The molecule has 0 aromatic heterocycles. The summed E-state index contributed by atoms with van der Waals surface area (Å²) >= 11 is 0. The summed E-state index contributed by atoms with van der Waals surface area (Å²) in [4.78, 5) is 0. The highest BCUT2D eigenvalue weighted by Gasteiger charge is 2.30. The van der Waals surface area contributed by atoms with Crippen molar-refractivity contribution in [2.45, 2.75) is 19.0 Å². The van der Waals surface area contributed by atoms with Crippen molar-refractivity contribution in [2.24, 2.45) is 0 Å². The van der Waals surface area contributed by atoms with Crippen LogP contribution in [0.25, 0.3) is 0 Å². The van der Waals surface area contributed by atoms with Gasteiger partial charge in [-0.05, 0) is 12.8 Å². The Bertz CT molecular complexity index is 105. The second-order valence-corrected chi connectivity index (χ2v) is 2.39. The van der Waals surface area contributed by atoms with Crippen molar-refractivity contribution in [3.8, 4) is 0 Å². The third-order valence-corrected chi connectivity index (χ3v) is 1.58. The summed E-state index contributed by atoms with van der Waals surface area (Å²) in [6.07, 6.45) is 0.0109. The summed E-state index contributed by atoms with van der Waals surface area (Å²) in [5.74, 6) is 0. The van der Waals surface area contributed by atoms with E-state index < -0.39 is 6.16 Å². The fourth-order valence-corrected chi connectivity index (χ4v) is 0.838. The lowest BCUT2D eigenvalue weighted by atomic mass is 10.3. The molecule has 0 aromatic rings. The molecule has 0 fully saturated rings. The Morgan fingerprint density at radius 3 is 1.92 bits per heavy atom. The van der Waals surface area contributed by atoms with Crippen LogP contribution < -0.4 is 0 Å². The van der Waals surface area contributed by atoms with Gasteiger partial charge in [-0.1, -0.05) is 0 Å². The summed E-state index contributed by atoms with van der Waals surface area (Å²) in [5, 5.41) is 8.52. The predicted octanol–water partition coefficient (Wildman–Crippen LogP) is 0.326.